The predicted molar refractivity (Wildman–Crippen MR) is 218 cm³/mol. The van der Waals surface area contributed by atoms with Gasteiger partial charge in [0.25, 0.3) is 5.91 Å². The Kier molecular flexibility index (Phi) is 20.4. The number of nitrogens with one attached hydrogen (secondary N) is 4. The van der Waals surface area contributed by atoms with Crippen molar-refractivity contribution in [2.75, 3.05) is 91.0 Å². The second kappa shape index (κ2) is 25.1. The summed E-state index contributed by atoms with van der Waals surface area (Å²) >= 11 is 5.40. The van der Waals surface area contributed by atoms with Crippen molar-refractivity contribution in [2.45, 2.75) is 31.3 Å². The Morgan fingerprint density at radius 2 is 1.48 bits per heavy atom. The zero-order valence-electron chi connectivity index (χ0n) is 32.5. The molecule has 2 aromatic rings. The van der Waals surface area contributed by atoms with Crippen molar-refractivity contribution >= 4 is 59.1 Å². The molecule has 18 nitrogen and oxygen atoms in total. The first-order valence-electron chi connectivity index (χ1n) is 18.7. The van der Waals surface area contributed by atoms with Gasteiger partial charge in [-0.1, -0.05) is 24.3 Å². The highest BCUT2D eigenvalue weighted by Gasteiger charge is 2.28. The smallest absolute Gasteiger partial charge is 0.317 e. The number of hydrogen-bond donors (Lipinski definition) is 7. The van der Waals surface area contributed by atoms with E-state index in [2.05, 4.69) is 27.8 Å². The van der Waals surface area contributed by atoms with Crippen LogP contribution in [0.15, 0.2) is 60.7 Å². The molecular formula is C39H53N7O11S. The standard InChI is InChI=1S/C39H53N7O11S/c1-27(33(26-47)40-2)11-13-41-38(55)29-5-9-32(10-6-29)57-37(54)12-19-56-20-14-42-39(58)43-30-7-3-28(4-8-30)21-31-22-45(24-35(50)51)16-15-44(23-34(48)49)17-18-46(31)25-36(52)53/h3-10,26,31,33,40H,1,11-25H2,2H3,(H,41,55)(H,48,49)(H,50,51)(H,52,53)(H2,42,43,58)/t31?,33-/m1/s1. The van der Waals surface area contributed by atoms with Gasteiger partial charge in [0.2, 0.25) is 0 Å². The Bertz CT molecular complexity index is 1710. The quantitative estimate of drug-likeness (QED) is 0.0202. The molecule has 1 unspecified atom stereocenters. The van der Waals surface area contributed by atoms with Gasteiger partial charge in [-0.2, -0.15) is 0 Å². The molecule has 0 radical (unpaired) electrons. The number of likely N-dealkylation sites (N-methyl/N-ethyl adjacent to an activating group) is 1. The molecule has 19 heteroatoms. The van der Waals surface area contributed by atoms with Crippen LogP contribution in [0.2, 0.25) is 0 Å². The molecule has 1 aliphatic heterocycles. The highest BCUT2D eigenvalue weighted by molar-refractivity contribution is 7.80. The average molecular weight is 828 g/mol. The zero-order chi connectivity index (χ0) is 42.5. The maximum Gasteiger partial charge on any atom is 0.317 e. The number of esters is 1. The summed E-state index contributed by atoms with van der Waals surface area (Å²) in [5, 5.41) is 40.5. The van der Waals surface area contributed by atoms with Crippen molar-refractivity contribution in [1.82, 2.24) is 30.7 Å². The lowest BCUT2D eigenvalue weighted by Crippen LogP contribution is -2.49. The number of thiocarbonyl (C=S) groups is 1. The molecule has 2 atom stereocenters. The summed E-state index contributed by atoms with van der Waals surface area (Å²) in [5.41, 5.74) is 2.64. The molecule has 1 amide bonds. The summed E-state index contributed by atoms with van der Waals surface area (Å²) in [7, 11) is 1.65. The predicted octanol–water partition coefficient (Wildman–Crippen LogP) is 0.533. The highest BCUT2D eigenvalue weighted by atomic mass is 32.1. The summed E-state index contributed by atoms with van der Waals surface area (Å²) in [6.45, 7) is 5.72. The lowest BCUT2D eigenvalue weighted by Gasteiger charge is -2.33. The van der Waals surface area contributed by atoms with Gasteiger partial charge in [0.1, 0.15) is 12.0 Å². The van der Waals surface area contributed by atoms with Crippen LogP contribution in [0.1, 0.15) is 28.8 Å². The third kappa shape index (κ3) is 17.9. The number of aliphatic carboxylic acids is 3. The number of hydrogen-bond acceptors (Lipinski definition) is 13. The molecule has 3 rings (SSSR count). The zero-order valence-corrected chi connectivity index (χ0v) is 33.3. The fourth-order valence-corrected chi connectivity index (χ4v) is 6.32. The number of aldehydes is 1. The molecule has 58 heavy (non-hydrogen) atoms. The number of ether oxygens (including phenoxy) is 2. The highest BCUT2D eigenvalue weighted by Crippen LogP contribution is 2.17. The van der Waals surface area contributed by atoms with Gasteiger partial charge in [-0.25, -0.2) is 0 Å². The average Bonchev–Trinajstić information content (AvgIpc) is 3.23. The van der Waals surface area contributed by atoms with E-state index in [9.17, 15) is 44.1 Å². The fourth-order valence-electron chi connectivity index (χ4n) is 6.10. The van der Waals surface area contributed by atoms with Crippen LogP contribution in [0, 0.1) is 0 Å². The molecule has 0 spiro atoms. The molecule has 0 saturated carbocycles. The van der Waals surface area contributed by atoms with Crippen LogP contribution in [0.4, 0.5) is 5.69 Å². The number of benzene rings is 2. The van der Waals surface area contributed by atoms with E-state index in [0.717, 1.165) is 11.8 Å². The van der Waals surface area contributed by atoms with Crippen LogP contribution in [0.5, 0.6) is 5.75 Å². The van der Waals surface area contributed by atoms with Gasteiger partial charge in [0, 0.05) is 63.1 Å². The van der Waals surface area contributed by atoms with E-state index in [1.165, 1.54) is 12.1 Å². The van der Waals surface area contributed by atoms with Crippen molar-refractivity contribution in [1.29, 1.82) is 0 Å². The monoisotopic (exact) mass is 827 g/mol. The van der Waals surface area contributed by atoms with Crippen LogP contribution < -0.4 is 26.0 Å². The van der Waals surface area contributed by atoms with E-state index in [0.29, 0.717) is 74.0 Å². The number of carbonyl (C=O) groups is 6. The van der Waals surface area contributed by atoms with E-state index >= 15 is 0 Å². The van der Waals surface area contributed by atoms with Crippen LogP contribution in [0.3, 0.4) is 0 Å². The maximum absolute atomic E-state index is 12.4. The largest absolute Gasteiger partial charge is 0.480 e. The van der Waals surface area contributed by atoms with Crippen LogP contribution in [-0.2, 0) is 35.1 Å². The molecule has 2 aromatic carbocycles. The van der Waals surface area contributed by atoms with Gasteiger partial charge in [-0.3, -0.25) is 38.7 Å². The minimum absolute atomic E-state index is 0.00521. The third-order valence-electron chi connectivity index (χ3n) is 9.11. The molecule has 0 aliphatic carbocycles. The number of carboxylic acids is 3. The number of nitrogens with zero attached hydrogens (tertiary/aromatic N) is 3. The van der Waals surface area contributed by atoms with E-state index in [1.807, 2.05) is 24.3 Å². The summed E-state index contributed by atoms with van der Waals surface area (Å²) < 4.78 is 10.9. The van der Waals surface area contributed by atoms with E-state index in [1.54, 1.807) is 33.9 Å². The van der Waals surface area contributed by atoms with Crippen molar-refractivity contribution in [3.05, 3.63) is 71.8 Å². The first-order chi connectivity index (χ1) is 27.8. The second-order valence-electron chi connectivity index (χ2n) is 13.5. The number of rotatable bonds is 23. The lowest BCUT2D eigenvalue weighted by atomic mass is 10.0. The number of carbonyl (C=O) groups excluding carboxylic acids is 3. The molecule has 1 heterocycles. The van der Waals surface area contributed by atoms with Crippen LogP contribution in [-0.4, -0.2) is 169 Å². The van der Waals surface area contributed by atoms with Crippen molar-refractivity contribution < 1.29 is 53.6 Å². The molecular weight excluding hydrogens is 775 g/mol. The Morgan fingerprint density at radius 3 is 2.12 bits per heavy atom. The molecule has 7 N–H and O–H groups in total. The Labute approximate surface area is 342 Å². The van der Waals surface area contributed by atoms with Gasteiger partial charge in [0.05, 0.1) is 45.3 Å². The topological polar surface area (TPSA) is 239 Å². The summed E-state index contributed by atoms with van der Waals surface area (Å²) in [6, 6.07) is 12.7. The molecule has 0 bridgehead atoms. The number of carboxylic acid groups (broad SMARTS) is 3. The van der Waals surface area contributed by atoms with E-state index in [4.69, 9.17) is 21.7 Å². The summed E-state index contributed by atoms with van der Waals surface area (Å²) in [4.78, 5) is 75.6. The molecule has 1 saturated heterocycles. The van der Waals surface area contributed by atoms with Gasteiger partial charge in [0.15, 0.2) is 5.11 Å². The van der Waals surface area contributed by atoms with Gasteiger partial charge in [-0.15, -0.1) is 0 Å². The summed E-state index contributed by atoms with van der Waals surface area (Å²) in [5.74, 6) is -3.60. The van der Waals surface area contributed by atoms with Crippen molar-refractivity contribution in [3.8, 4) is 5.75 Å². The second-order valence-corrected chi connectivity index (χ2v) is 13.9. The first kappa shape index (κ1) is 47.1. The fraction of sp³-hybridized carbons (Fsp3) is 0.462. The van der Waals surface area contributed by atoms with Crippen molar-refractivity contribution in [3.63, 3.8) is 0 Å². The Morgan fingerprint density at radius 1 is 0.845 bits per heavy atom. The molecule has 1 fully saturated rings. The molecule has 0 aromatic heterocycles. The molecule has 316 valence electrons. The number of anilines is 1. The molecule has 1 aliphatic rings. The van der Waals surface area contributed by atoms with Gasteiger partial charge >= 0.3 is 23.9 Å². The van der Waals surface area contributed by atoms with Crippen molar-refractivity contribution in [2.24, 2.45) is 0 Å². The maximum atomic E-state index is 12.4. The van der Waals surface area contributed by atoms with E-state index in [-0.39, 0.29) is 63.5 Å². The summed E-state index contributed by atoms with van der Waals surface area (Å²) in [6.07, 6.45) is 1.63. The van der Waals surface area contributed by atoms with Gasteiger partial charge in [-0.05, 0) is 74.1 Å². The Balaban J connectivity index is 1.39. The lowest BCUT2D eigenvalue weighted by molar-refractivity contribution is -0.140. The normalized spacial score (nSPS) is 15.8. The number of amides is 1. The Hall–Kier alpha value is -5.31. The van der Waals surface area contributed by atoms with E-state index < -0.39 is 29.9 Å². The van der Waals surface area contributed by atoms with Crippen LogP contribution in [0.25, 0.3) is 0 Å². The third-order valence-corrected chi connectivity index (χ3v) is 9.36. The van der Waals surface area contributed by atoms with Gasteiger partial charge < -0.3 is 50.9 Å². The van der Waals surface area contributed by atoms with Crippen LogP contribution >= 0.6 is 12.2 Å². The minimum Gasteiger partial charge on any atom is -0.480 e. The SMILES string of the molecule is C=C(CCNC(=O)c1ccc(OC(=O)CCOCCNC(=S)Nc2ccc(CC3CN(CC(=O)O)CCN(CC(=O)O)CCN3CC(=O)O)cc2)cc1)[C@@H](C=O)NC. The first-order valence-corrected chi connectivity index (χ1v) is 19.1. The minimum atomic E-state index is -1.04.